The van der Waals surface area contributed by atoms with Gasteiger partial charge in [-0.25, -0.2) is 0 Å². The fourth-order valence-corrected chi connectivity index (χ4v) is 2.50. The molecule has 0 bridgehead atoms. The van der Waals surface area contributed by atoms with Crippen molar-refractivity contribution in [3.05, 3.63) is 17.5 Å². The monoisotopic (exact) mass is 311 g/mol. The number of aliphatic imine (C=N–C) groups is 1. The third kappa shape index (κ3) is 7.99. The number of hydrogen-bond acceptors (Lipinski definition) is 3. The zero-order valence-corrected chi connectivity index (χ0v) is 14.4. The molecule has 0 amide bonds. The Kier molecular flexibility index (Phi) is 9.78. The number of hydrogen-bond donors (Lipinski definition) is 3. The van der Waals surface area contributed by atoms with E-state index in [0.29, 0.717) is 0 Å². The lowest BCUT2D eigenvalue weighted by atomic mass is 10.1. The van der Waals surface area contributed by atoms with Crippen LogP contribution in [0, 0.1) is 6.92 Å². The first-order valence-electron chi connectivity index (χ1n) is 7.78. The Bertz CT molecular complexity index is 403. The first-order chi connectivity index (χ1) is 10.3. The van der Waals surface area contributed by atoms with E-state index in [1.807, 2.05) is 18.0 Å². The maximum atomic E-state index is 4.62. The average Bonchev–Trinajstić information content (AvgIpc) is 2.88. The summed E-state index contributed by atoms with van der Waals surface area (Å²) in [6.07, 6.45) is 8.59. The summed E-state index contributed by atoms with van der Waals surface area (Å²) in [5.74, 6) is 2.17. The summed E-state index contributed by atoms with van der Waals surface area (Å²) in [6.45, 7) is 6.89. The van der Waals surface area contributed by atoms with Crippen LogP contribution in [0.4, 0.5) is 0 Å². The van der Waals surface area contributed by atoms with Gasteiger partial charge in [0.15, 0.2) is 5.96 Å². The number of nitrogens with one attached hydrogen (secondary N) is 3. The van der Waals surface area contributed by atoms with Crippen LogP contribution in [0.5, 0.6) is 0 Å². The van der Waals surface area contributed by atoms with Gasteiger partial charge in [-0.3, -0.25) is 10.1 Å². The predicted octanol–water partition coefficient (Wildman–Crippen LogP) is 2.35. The molecule has 0 saturated heterocycles. The minimum Gasteiger partial charge on any atom is -0.357 e. The summed E-state index contributed by atoms with van der Waals surface area (Å²) in [5.41, 5.74) is 2.46. The zero-order chi connectivity index (χ0) is 15.3. The van der Waals surface area contributed by atoms with E-state index in [1.165, 1.54) is 24.2 Å². The fraction of sp³-hybridized carbons (Fsp3) is 0.733. The van der Waals surface area contributed by atoms with Gasteiger partial charge in [-0.1, -0.05) is 0 Å². The molecular weight excluding hydrogens is 282 g/mol. The molecule has 0 unspecified atom stereocenters. The van der Waals surface area contributed by atoms with Crippen LogP contribution in [0.1, 0.15) is 37.4 Å². The van der Waals surface area contributed by atoms with Crippen LogP contribution < -0.4 is 10.6 Å². The van der Waals surface area contributed by atoms with Crippen molar-refractivity contribution in [3.63, 3.8) is 0 Å². The van der Waals surface area contributed by atoms with Gasteiger partial charge < -0.3 is 10.6 Å². The molecule has 5 nitrogen and oxygen atoms in total. The van der Waals surface area contributed by atoms with Crippen LogP contribution in [-0.4, -0.2) is 47.8 Å². The second-order valence-electron chi connectivity index (χ2n) is 5.01. The number of thioether (sulfide) groups is 1. The van der Waals surface area contributed by atoms with Gasteiger partial charge in [-0.15, -0.1) is 0 Å². The van der Waals surface area contributed by atoms with Gasteiger partial charge in [0, 0.05) is 25.3 Å². The Morgan fingerprint density at radius 1 is 1.33 bits per heavy atom. The SMILES string of the molecule is CCNC(=NCCCc1cn[nH]c1C)NCCCCSC. The van der Waals surface area contributed by atoms with Crippen molar-refractivity contribution in [3.8, 4) is 0 Å². The molecule has 1 aromatic rings. The van der Waals surface area contributed by atoms with Crippen molar-refractivity contribution in [1.29, 1.82) is 0 Å². The second-order valence-corrected chi connectivity index (χ2v) is 6.00. The summed E-state index contributed by atoms with van der Waals surface area (Å²) in [6, 6.07) is 0. The lowest BCUT2D eigenvalue weighted by Gasteiger charge is -2.11. The molecule has 0 radical (unpaired) electrons. The van der Waals surface area contributed by atoms with E-state index in [9.17, 15) is 0 Å². The van der Waals surface area contributed by atoms with Gasteiger partial charge in [0.1, 0.15) is 0 Å². The molecule has 0 aromatic carbocycles. The molecule has 21 heavy (non-hydrogen) atoms. The largest absolute Gasteiger partial charge is 0.357 e. The Morgan fingerprint density at radius 2 is 2.19 bits per heavy atom. The number of nitrogens with zero attached hydrogens (tertiary/aromatic N) is 2. The summed E-state index contributed by atoms with van der Waals surface area (Å²) < 4.78 is 0. The van der Waals surface area contributed by atoms with Crippen molar-refractivity contribution < 1.29 is 0 Å². The molecule has 0 atom stereocenters. The van der Waals surface area contributed by atoms with E-state index < -0.39 is 0 Å². The minimum atomic E-state index is 0.838. The molecule has 0 spiro atoms. The highest BCUT2D eigenvalue weighted by molar-refractivity contribution is 7.98. The number of aromatic amines is 1. The normalized spacial score (nSPS) is 11.7. The highest BCUT2D eigenvalue weighted by atomic mass is 32.2. The average molecular weight is 311 g/mol. The van der Waals surface area contributed by atoms with Crippen LogP contribution in [0.2, 0.25) is 0 Å². The van der Waals surface area contributed by atoms with E-state index in [1.54, 1.807) is 0 Å². The van der Waals surface area contributed by atoms with Crippen molar-refractivity contribution in [1.82, 2.24) is 20.8 Å². The van der Waals surface area contributed by atoms with Crippen molar-refractivity contribution in [2.45, 2.75) is 39.5 Å². The number of guanidine groups is 1. The molecule has 1 aromatic heterocycles. The third-order valence-corrected chi connectivity index (χ3v) is 3.92. The maximum absolute atomic E-state index is 4.62. The molecule has 1 rings (SSSR count). The quantitative estimate of drug-likeness (QED) is 0.352. The smallest absolute Gasteiger partial charge is 0.191 e. The highest BCUT2D eigenvalue weighted by Gasteiger charge is 2.00. The molecule has 1 heterocycles. The van der Waals surface area contributed by atoms with Gasteiger partial charge in [-0.2, -0.15) is 16.9 Å². The van der Waals surface area contributed by atoms with E-state index in [4.69, 9.17) is 0 Å². The summed E-state index contributed by atoms with van der Waals surface area (Å²) in [4.78, 5) is 4.62. The van der Waals surface area contributed by atoms with Crippen LogP contribution in [-0.2, 0) is 6.42 Å². The Hall–Kier alpha value is -1.17. The number of aryl methyl sites for hydroxylation is 2. The third-order valence-electron chi connectivity index (χ3n) is 3.22. The Morgan fingerprint density at radius 3 is 2.86 bits per heavy atom. The van der Waals surface area contributed by atoms with Crippen LogP contribution in [0.25, 0.3) is 0 Å². The van der Waals surface area contributed by atoms with Crippen LogP contribution >= 0.6 is 11.8 Å². The van der Waals surface area contributed by atoms with Gasteiger partial charge in [0.05, 0.1) is 6.20 Å². The highest BCUT2D eigenvalue weighted by Crippen LogP contribution is 2.05. The first kappa shape index (κ1) is 17.9. The second kappa shape index (κ2) is 11.5. The molecule has 0 aliphatic carbocycles. The fourth-order valence-electron chi connectivity index (χ4n) is 2.01. The van der Waals surface area contributed by atoms with E-state index in [-0.39, 0.29) is 0 Å². The standard InChI is InChI=1S/C15H29N5S/c1-4-16-15(17-9-5-6-11-21-3)18-10-7-8-14-12-19-20-13(14)2/h12H,4-11H2,1-3H3,(H,19,20)(H2,16,17,18). The first-order valence-corrected chi connectivity index (χ1v) is 9.17. The van der Waals surface area contributed by atoms with Gasteiger partial charge in [0.25, 0.3) is 0 Å². The van der Waals surface area contributed by atoms with E-state index in [0.717, 1.165) is 44.1 Å². The topological polar surface area (TPSA) is 65.1 Å². The molecule has 0 aliphatic heterocycles. The predicted molar refractivity (Wildman–Crippen MR) is 93.2 cm³/mol. The van der Waals surface area contributed by atoms with E-state index in [2.05, 4.69) is 45.9 Å². The van der Waals surface area contributed by atoms with Crippen LogP contribution in [0.15, 0.2) is 11.2 Å². The Balaban J connectivity index is 2.22. The molecule has 6 heteroatoms. The van der Waals surface area contributed by atoms with Crippen LogP contribution in [0.3, 0.4) is 0 Å². The summed E-state index contributed by atoms with van der Waals surface area (Å²) in [7, 11) is 0. The Labute approximate surface area is 132 Å². The number of H-pyrrole nitrogens is 1. The lowest BCUT2D eigenvalue weighted by Crippen LogP contribution is -2.37. The van der Waals surface area contributed by atoms with E-state index >= 15 is 0 Å². The summed E-state index contributed by atoms with van der Waals surface area (Å²) >= 11 is 1.91. The minimum absolute atomic E-state index is 0.838. The molecule has 3 N–H and O–H groups in total. The molecule has 0 saturated carbocycles. The van der Waals surface area contributed by atoms with Gasteiger partial charge >= 0.3 is 0 Å². The lowest BCUT2D eigenvalue weighted by molar-refractivity contribution is 0.729. The molecule has 0 fully saturated rings. The van der Waals surface area contributed by atoms with Gasteiger partial charge in [-0.05, 0) is 57.1 Å². The molecule has 0 aliphatic rings. The van der Waals surface area contributed by atoms with Crippen molar-refractivity contribution in [2.24, 2.45) is 4.99 Å². The maximum Gasteiger partial charge on any atom is 0.191 e. The molecule has 120 valence electrons. The van der Waals surface area contributed by atoms with Crippen molar-refractivity contribution >= 4 is 17.7 Å². The van der Waals surface area contributed by atoms with Crippen molar-refractivity contribution in [2.75, 3.05) is 31.6 Å². The number of rotatable bonds is 10. The number of aromatic nitrogens is 2. The molecular formula is C15H29N5S. The van der Waals surface area contributed by atoms with Gasteiger partial charge in [0.2, 0.25) is 0 Å². The summed E-state index contributed by atoms with van der Waals surface area (Å²) in [5, 5.41) is 13.7. The zero-order valence-electron chi connectivity index (χ0n) is 13.5. The number of unbranched alkanes of at least 4 members (excludes halogenated alkanes) is 1.